The Balaban J connectivity index is 1.63. The van der Waals surface area contributed by atoms with E-state index in [9.17, 15) is 14.7 Å². The van der Waals surface area contributed by atoms with Gasteiger partial charge in [-0.1, -0.05) is 17.7 Å². The van der Waals surface area contributed by atoms with E-state index in [0.29, 0.717) is 29.4 Å². The first-order valence-electron chi connectivity index (χ1n) is 7.16. The van der Waals surface area contributed by atoms with Crippen molar-refractivity contribution in [2.75, 3.05) is 18.0 Å². The second kappa shape index (κ2) is 6.44. The van der Waals surface area contributed by atoms with Crippen molar-refractivity contribution in [2.24, 2.45) is 0 Å². The topological polar surface area (TPSA) is 82.8 Å². The summed E-state index contributed by atoms with van der Waals surface area (Å²) < 4.78 is 5.04. The summed E-state index contributed by atoms with van der Waals surface area (Å²) in [5.74, 6) is -1.11. The van der Waals surface area contributed by atoms with Crippen LogP contribution in [0.4, 0.5) is 5.69 Å². The Hall–Kier alpha value is -2.31. The number of hydrogen-bond donors (Lipinski definition) is 2. The number of fused-ring (bicyclic) bond motifs is 1. The molecule has 0 bridgehead atoms. The molecule has 1 aromatic heterocycles. The standard InChI is InChI=1S/C16H15ClN2O4/c17-11-3-1-4-12-10(11)6-7-19(12)16(22)15(21)18-9-13(20)14-5-2-8-23-14/h1-5,8,13,20H,6-7,9H2,(H,18,21). The van der Waals surface area contributed by atoms with E-state index in [1.807, 2.05) is 0 Å². The van der Waals surface area contributed by atoms with Crippen LogP contribution in [0.3, 0.4) is 0 Å². The second-order valence-electron chi connectivity index (χ2n) is 5.19. The average Bonchev–Trinajstić information content (AvgIpc) is 3.21. The molecule has 2 heterocycles. The average molecular weight is 335 g/mol. The van der Waals surface area contributed by atoms with Gasteiger partial charge < -0.3 is 19.7 Å². The first kappa shape index (κ1) is 15.6. The number of amides is 2. The molecule has 0 saturated carbocycles. The van der Waals surface area contributed by atoms with Crippen molar-refractivity contribution in [1.82, 2.24) is 5.32 Å². The SMILES string of the molecule is O=C(NCC(O)c1ccco1)C(=O)N1CCc2c(Cl)cccc21. The van der Waals surface area contributed by atoms with E-state index in [-0.39, 0.29) is 6.54 Å². The third kappa shape index (κ3) is 3.09. The van der Waals surface area contributed by atoms with E-state index < -0.39 is 17.9 Å². The minimum atomic E-state index is -0.998. The van der Waals surface area contributed by atoms with Crippen LogP contribution >= 0.6 is 11.6 Å². The van der Waals surface area contributed by atoms with E-state index in [1.165, 1.54) is 11.2 Å². The highest BCUT2D eigenvalue weighted by molar-refractivity contribution is 6.41. The Kier molecular flexibility index (Phi) is 4.36. The highest BCUT2D eigenvalue weighted by Crippen LogP contribution is 2.33. The van der Waals surface area contributed by atoms with Crippen LogP contribution in [0.5, 0.6) is 0 Å². The van der Waals surface area contributed by atoms with Gasteiger partial charge in [0.25, 0.3) is 0 Å². The Morgan fingerprint density at radius 2 is 2.17 bits per heavy atom. The summed E-state index contributed by atoms with van der Waals surface area (Å²) in [5.41, 5.74) is 1.52. The zero-order valence-corrected chi connectivity index (χ0v) is 12.9. The number of nitrogens with one attached hydrogen (secondary N) is 1. The highest BCUT2D eigenvalue weighted by atomic mass is 35.5. The molecule has 120 valence electrons. The van der Waals surface area contributed by atoms with Gasteiger partial charge in [0, 0.05) is 17.3 Å². The molecule has 0 spiro atoms. The van der Waals surface area contributed by atoms with E-state index in [4.69, 9.17) is 16.0 Å². The van der Waals surface area contributed by atoms with Crippen LogP contribution in [0, 0.1) is 0 Å². The Morgan fingerprint density at radius 3 is 2.91 bits per heavy atom. The van der Waals surface area contributed by atoms with Crippen molar-refractivity contribution in [3.05, 3.63) is 52.9 Å². The zero-order chi connectivity index (χ0) is 16.4. The van der Waals surface area contributed by atoms with Gasteiger partial charge in [-0.05, 0) is 36.2 Å². The number of carbonyl (C=O) groups excluding carboxylic acids is 2. The van der Waals surface area contributed by atoms with Crippen molar-refractivity contribution in [3.8, 4) is 0 Å². The monoisotopic (exact) mass is 334 g/mol. The van der Waals surface area contributed by atoms with Crippen molar-refractivity contribution in [1.29, 1.82) is 0 Å². The van der Waals surface area contributed by atoms with E-state index in [2.05, 4.69) is 5.32 Å². The third-order valence-corrected chi connectivity index (χ3v) is 4.09. The van der Waals surface area contributed by atoms with Crippen LogP contribution in [0.1, 0.15) is 17.4 Å². The Labute approximate surface area is 137 Å². The van der Waals surface area contributed by atoms with Crippen LogP contribution in [0.2, 0.25) is 5.02 Å². The van der Waals surface area contributed by atoms with E-state index >= 15 is 0 Å². The molecule has 23 heavy (non-hydrogen) atoms. The van der Waals surface area contributed by atoms with E-state index in [1.54, 1.807) is 30.3 Å². The maximum absolute atomic E-state index is 12.3. The quantitative estimate of drug-likeness (QED) is 0.836. The summed E-state index contributed by atoms with van der Waals surface area (Å²) in [5, 5.41) is 12.9. The third-order valence-electron chi connectivity index (χ3n) is 3.74. The van der Waals surface area contributed by atoms with Crippen LogP contribution in [-0.4, -0.2) is 30.0 Å². The lowest BCUT2D eigenvalue weighted by atomic mass is 10.2. The van der Waals surface area contributed by atoms with Crippen LogP contribution in [0.25, 0.3) is 0 Å². The molecule has 2 aromatic rings. The molecule has 2 amide bonds. The molecular formula is C16H15ClN2O4. The van der Waals surface area contributed by atoms with Crippen LogP contribution < -0.4 is 10.2 Å². The predicted octanol–water partition coefficient (Wildman–Crippen LogP) is 1.67. The smallest absolute Gasteiger partial charge is 0.316 e. The predicted molar refractivity (Wildman–Crippen MR) is 84.2 cm³/mol. The van der Waals surface area contributed by atoms with Crippen LogP contribution in [0.15, 0.2) is 41.0 Å². The lowest BCUT2D eigenvalue weighted by Gasteiger charge is -2.17. The fraction of sp³-hybridized carbons (Fsp3) is 0.250. The number of rotatable bonds is 3. The largest absolute Gasteiger partial charge is 0.467 e. The number of anilines is 1. The lowest BCUT2D eigenvalue weighted by Crippen LogP contribution is -2.43. The maximum atomic E-state index is 12.3. The lowest BCUT2D eigenvalue weighted by molar-refractivity contribution is -0.137. The molecule has 1 aliphatic heterocycles. The zero-order valence-electron chi connectivity index (χ0n) is 12.2. The molecule has 1 atom stereocenters. The summed E-state index contributed by atoms with van der Waals surface area (Å²) in [6.07, 6.45) is 1.04. The first-order chi connectivity index (χ1) is 11.1. The molecular weight excluding hydrogens is 320 g/mol. The molecule has 2 N–H and O–H groups in total. The van der Waals surface area contributed by atoms with Gasteiger partial charge in [0.2, 0.25) is 0 Å². The summed E-state index contributed by atoms with van der Waals surface area (Å²) in [7, 11) is 0. The number of benzene rings is 1. The van der Waals surface area contributed by atoms with Crippen molar-refractivity contribution >= 4 is 29.1 Å². The fourth-order valence-corrected chi connectivity index (χ4v) is 2.84. The molecule has 0 aliphatic carbocycles. The summed E-state index contributed by atoms with van der Waals surface area (Å²) >= 11 is 6.10. The number of furan rings is 1. The van der Waals surface area contributed by atoms with Crippen molar-refractivity contribution in [2.45, 2.75) is 12.5 Å². The van der Waals surface area contributed by atoms with Gasteiger partial charge in [0.15, 0.2) is 0 Å². The number of aliphatic hydroxyl groups is 1. The van der Waals surface area contributed by atoms with Crippen LogP contribution in [-0.2, 0) is 16.0 Å². The summed E-state index contributed by atoms with van der Waals surface area (Å²) in [4.78, 5) is 25.7. The molecule has 1 aromatic carbocycles. The second-order valence-corrected chi connectivity index (χ2v) is 5.59. The van der Waals surface area contributed by atoms with Gasteiger partial charge in [-0.15, -0.1) is 0 Å². The molecule has 7 heteroatoms. The van der Waals surface area contributed by atoms with E-state index in [0.717, 1.165) is 5.56 Å². The van der Waals surface area contributed by atoms with Gasteiger partial charge >= 0.3 is 11.8 Å². The summed E-state index contributed by atoms with van der Waals surface area (Å²) in [6, 6.07) is 8.49. The molecule has 0 saturated heterocycles. The number of hydrogen-bond acceptors (Lipinski definition) is 4. The minimum absolute atomic E-state index is 0.103. The number of aliphatic hydroxyl groups excluding tert-OH is 1. The maximum Gasteiger partial charge on any atom is 0.316 e. The Bertz CT molecular complexity index is 730. The number of carbonyl (C=O) groups is 2. The van der Waals surface area contributed by atoms with Gasteiger partial charge in [0.1, 0.15) is 11.9 Å². The number of nitrogens with zero attached hydrogens (tertiary/aromatic N) is 1. The molecule has 0 radical (unpaired) electrons. The van der Waals surface area contributed by atoms with Gasteiger partial charge in [-0.3, -0.25) is 9.59 Å². The fourth-order valence-electron chi connectivity index (χ4n) is 2.57. The molecule has 0 fully saturated rings. The first-order valence-corrected chi connectivity index (χ1v) is 7.54. The summed E-state index contributed by atoms with van der Waals surface area (Å²) in [6.45, 7) is 0.306. The molecule has 1 unspecified atom stereocenters. The molecule has 1 aliphatic rings. The van der Waals surface area contributed by atoms with Gasteiger partial charge in [-0.25, -0.2) is 0 Å². The van der Waals surface area contributed by atoms with Crippen molar-refractivity contribution in [3.63, 3.8) is 0 Å². The van der Waals surface area contributed by atoms with Gasteiger partial charge in [0.05, 0.1) is 12.8 Å². The highest BCUT2D eigenvalue weighted by Gasteiger charge is 2.30. The normalized spacial score (nSPS) is 14.4. The van der Waals surface area contributed by atoms with Crippen molar-refractivity contribution < 1.29 is 19.1 Å². The minimum Gasteiger partial charge on any atom is -0.467 e. The molecule has 3 rings (SSSR count). The Morgan fingerprint density at radius 1 is 1.35 bits per heavy atom. The van der Waals surface area contributed by atoms with Gasteiger partial charge in [-0.2, -0.15) is 0 Å². The molecule has 6 nitrogen and oxygen atoms in total. The number of halogens is 1.